The molecule has 0 amide bonds. The van der Waals surface area contributed by atoms with Crippen LogP contribution in [0.4, 0.5) is 0 Å². The minimum atomic E-state index is 0. The van der Waals surface area contributed by atoms with Crippen LogP contribution in [-0.2, 0) is 17.6 Å². The SMILES string of the molecule is C.C.C.C1CCNCC1.C1CCOCC1.c1cncnc1.c1ncc2c(n1)CCCC2. The molecule has 0 spiro atoms. The van der Waals surface area contributed by atoms with Crippen molar-refractivity contribution in [1.29, 1.82) is 0 Å². The van der Waals surface area contributed by atoms with Gasteiger partial charge in [0.1, 0.15) is 12.7 Å². The summed E-state index contributed by atoms with van der Waals surface area (Å²) in [6.07, 6.45) is 21.5. The lowest BCUT2D eigenvalue weighted by atomic mass is 9.98. The molecule has 2 saturated heterocycles. The van der Waals surface area contributed by atoms with Gasteiger partial charge in [0.15, 0.2) is 0 Å². The molecule has 178 valence electrons. The van der Waals surface area contributed by atoms with Gasteiger partial charge >= 0.3 is 0 Å². The fourth-order valence-corrected chi connectivity index (χ4v) is 3.17. The number of piperidine rings is 1. The molecule has 0 radical (unpaired) electrons. The normalized spacial score (nSPS) is 16.1. The van der Waals surface area contributed by atoms with Gasteiger partial charge in [-0.25, -0.2) is 19.9 Å². The molecule has 2 fully saturated rings. The van der Waals surface area contributed by atoms with Crippen LogP contribution in [0.2, 0.25) is 0 Å². The smallest absolute Gasteiger partial charge is 0.115 e. The Hall–Kier alpha value is -1.92. The van der Waals surface area contributed by atoms with Gasteiger partial charge in [0.2, 0.25) is 0 Å². The molecule has 0 aromatic carbocycles. The Morgan fingerprint density at radius 2 is 1.32 bits per heavy atom. The van der Waals surface area contributed by atoms with Crippen molar-refractivity contribution in [2.45, 2.75) is 86.5 Å². The molecule has 0 unspecified atom stereocenters. The van der Waals surface area contributed by atoms with Crippen LogP contribution in [0.5, 0.6) is 0 Å². The highest BCUT2D eigenvalue weighted by Crippen LogP contribution is 2.16. The first kappa shape index (κ1) is 31.3. The highest BCUT2D eigenvalue weighted by Gasteiger charge is 2.08. The van der Waals surface area contributed by atoms with Gasteiger partial charge in [0, 0.05) is 37.5 Å². The molecule has 0 bridgehead atoms. The van der Waals surface area contributed by atoms with Gasteiger partial charge in [-0.1, -0.05) is 28.7 Å². The molecule has 3 aliphatic rings. The molecule has 2 aliphatic heterocycles. The maximum atomic E-state index is 5.07. The minimum absolute atomic E-state index is 0. The maximum absolute atomic E-state index is 5.07. The second kappa shape index (κ2) is 22.8. The van der Waals surface area contributed by atoms with Gasteiger partial charge in [0.05, 0.1) is 0 Å². The molecule has 5 rings (SSSR count). The van der Waals surface area contributed by atoms with Crippen molar-refractivity contribution >= 4 is 0 Å². The lowest BCUT2D eigenvalue weighted by molar-refractivity contribution is 0.0968. The zero-order valence-corrected chi connectivity index (χ0v) is 17.1. The van der Waals surface area contributed by atoms with Crippen molar-refractivity contribution in [1.82, 2.24) is 25.3 Å². The number of ether oxygens (including phenoxy) is 1. The summed E-state index contributed by atoms with van der Waals surface area (Å²) in [5.74, 6) is 0. The number of nitrogens with one attached hydrogen (secondary N) is 1. The summed E-state index contributed by atoms with van der Waals surface area (Å²) in [4.78, 5) is 15.5. The number of hydrogen-bond donors (Lipinski definition) is 1. The fraction of sp³-hybridized carbons (Fsp3) is 0.680. The Morgan fingerprint density at radius 3 is 1.71 bits per heavy atom. The second-order valence-corrected chi connectivity index (χ2v) is 7.09. The molecule has 6 nitrogen and oxygen atoms in total. The van der Waals surface area contributed by atoms with E-state index in [2.05, 4.69) is 25.3 Å². The van der Waals surface area contributed by atoms with Crippen LogP contribution >= 0.6 is 0 Å². The average molecular weight is 434 g/mol. The Labute approximate surface area is 191 Å². The molecule has 0 atom stereocenters. The third kappa shape index (κ3) is 16.4. The van der Waals surface area contributed by atoms with Crippen molar-refractivity contribution in [2.75, 3.05) is 26.3 Å². The van der Waals surface area contributed by atoms with Crippen LogP contribution in [0.3, 0.4) is 0 Å². The van der Waals surface area contributed by atoms with E-state index in [9.17, 15) is 0 Å². The number of nitrogens with zero attached hydrogens (tertiary/aromatic N) is 4. The minimum Gasteiger partial charge on any atom is -0.381 e. The Balaban J connectivity index is 0. The number of aryl methyl sites for hydroxylation is 2. The van der Waals surface area contributed by atoms with E-state index in [-0.39, 0.29) is 22.3 Å². The summed E-state index contributed by atoms with van der Waals surface area (Å²) in [5, 5.41) is 3.28. The van der Waals surface area contributed by atoms with Crippen molar-refractivity contribution < 1.29 is 4.74 Å². The predicted octanol–water partition coefficient (Wildman–Crippen LogP) is 5.69. The van der Waals surface area contributed by atoms with E-state index in [1.54, 1.807) is 24.8 Å². The third-order valence-electron chi connectivity index (χ3n) is 4.75. The summed E-state index contributed by atoms with van der Waals surface area (Å²) in [6.45, 7) is 4.50. The standard InChI is InChI=1S/C8H10N2.C5H11N.C5H10O.C4H4N2.3CH4/c1-2-4-8-7(3-1)5-9-6-10-8;2*1-2-4-6-5-3-1;1-2-5-4-6-3-1;;;/h5-6H,1-4H2;6H,1-5H2;1-5H2;1-4H;3*1H4. The Kier molecular flexibility index (Phi) is 23.0. The Morgan fingerprint density at radius 1 is 0.677 bits per heavy atom. The maximum Gasteiger partial charge on any atom is 0.115 e. The largest absolute Gasteiger partial charge is 0.381 e. The second-order valence-electron chi connectivity index (χ2n) is 7.09. The molecule has 31 heavy (non-hydrogen) atoms. The lowest BCUT2D eigenvalue weighted by Crippen LogP contribution is -2.21. The number of fused-ring (bicyclic) bond motifs is 1. The quantitative estimate of drug-likeness (QED) is 0.575. The average Bonchev–Trinajstić information content (AvgIpc) is 2.84. The van der Waals surface area contributed by atoms with E-state index in [0.29, 0.717) is 0 Å². The molecule has 2 aromatic rings. The van der Waals surface area contributed by atoms with E-state index in [0.717, 1.165) is 19.6 Å². The van der Waals surface area contributed by atoms with Gasteiger partial charge < -0.3 is 10.1 Å². The monoisotopic (exact) mass is 433 g/mol. The molecule has 1 aliphatic carbocycles. The van der Waals surface area contributed by atoms with Crippen molar-refractivity contribution in [2.24, 2.45) is 0 Å². The number of aromatic nitrogens is 4. The first-order chi connectivity index (χ1) is 14.0. The zero-order valence-electron chi connectivity index (χ0n) is 17.1. The van der Waals surface area contributed by atoms with Crippen molar-refractivity contribution in [3.63, 3.8) is 0 Å². The number of rotatable bonds is 0. The molecular formula is C25H47N5O. The molecule has 2 aromatic heterocycles. The van der Waals surface area contributed by atoms with Gasteiger partial charge in [-0.05, 0) is 82.5 Å². The molecule has 1 N–H and O–H groups in total. The van der Waals surface area contributed by atoms with Crippen molar-refractivity contribution in [3.8, 4) is 0 Å². The van der Waals surface area contributed by atoms with Crippen LogP contribution < -0.4 is 5.32 Å². The van der Waals surface area contributed by atoms with Crippen LogP contribution in [0, 0.1) is 0 Å². The summed E-state index contributed by atoms with van der Waals surface area (Å²) >= 11 is 0. The van der Waals surface area contributed by atoms with Gasteiger partial charge in [-0.2, -0.15) is 0 Å². The molecular weight excluding hydrogens is 386 g/mol. The summed E-state index contributed by atoms with van der Waals surface area (Å²) in [6, 6.07) is 1.78. The van der Waals surface area contributed by atoms with Gasteiger partial charge in [-0.15, -0.1) is 0 Å². The van der Waals surface area contributed by atoms with E-state index >= 15 is 0 Å². The van der Waals surface area contributed by atoms with Gasteiger partial charge in [0.25, 0.3) is 0 Å². The van der Waals surface area contributed by atoms with Crippen LogP contribution in [0.1, 0.15) is 84.9 Å². The molecule has 0 saturated carbocycles. The molecule has 6 heteroatoms. The fourth-order valence-electron chi connectivity index (χ4n) is 3.17. The third-order valence-corrected chi connectivity index (χ3v) is 4.75. The summed E-state index contributed by atoms with van der Waals surface area (Å²) in [7, 11) is 0. The highest BCUT2D eigenvalue weighted by atomic mass is 16.5. The van der Waals surface area contributed by atoms with E-state index in [1.807, 2.05) is 6.20 Å². The van der Waals surface area contributed by atoms with E-state index in [1.165, 1.54) is 88.5 Å². The van der Waals surface area contributed by atoms with E-state index < -0.39 is 0 Å². The summed E-state index contributed by atoms with van der Waals surface area (Å²) in [5.41, 5.74) is 2.62. The van der Waals surface area contributed by atoms with Crippen LogP contribution in [0.25, 0.3) is 0 Å². The molecule has 4 heterocycles. The van der Waals surface area contributed by atoms with Gasteiger partial charge in [-0.3, -0.25) is 0 Å². The first-order valence-corrected chi connectivity index (χ1v) is 10.7. The van der Waals surface area contributed by atoms with Crippen LogP contribution in [-0.4, -0.2) is 46.2 Å². The van der Waals surface area contributed by atoms with E-state index in [4.69, 9.17) is 4.74 Å². The van der Waals surface area contributed by atoms with Crippen LogP contribution in [0.15, 0.2) is 37.3 Å². The predicted molar refractivity (Wildman–Crippen MR) is 132 cm³/mol. The van der Waals surface area contributed by atoms with Crippen molar-refractivity contribution in [3.05, 3.63) is 48.6 Å². The Bertz CT molecular complexity index is 503. The number of hydrogen-bond acceptors (Lipinski definition) is 6. The zero-order chi connectivity index (χ0) is 19.5. The first-order valence-electron chi connectivity index (χ1n) is 10.7. The topological polar surface area (TPSA) is 72.8 Å². The lowest BCUT2D eigenvalue weighted by Gasteiger charge is -2.11. The highest BCUT2D eigenvalue weighted by molar-refractivity contribution is 5.18. The summed E-state index contributed by atoms with van der Waals surface area (Å²) < 4.78 is 5.07.